The van der Waals surface area contributed by atoms with Gasteiger partial charge in [0.2, 0.25) is 0 Å². The molecule has 0 radical (unpaired) electrons. The zero-order chi connectivity index (χ0) is 16.4. The van der Waals surface area contributed by atoms with Gasteiger partial charge in [-0.25, -0.2) is 4.68 Å². The highest BCUT2D eigenvalue weighted by Crippen LogP contribution is 2.30. The van der Waals surface area contributed by atoms with E-state index in [9.17, 15) is 13.2 Å². The summed E-state index contributed by atoms with van der Waals surface area (Å²) in [5, 5.41) is 11.9. The van der Waals surface area contributed by atoms with E-state index in [1.165, 1.54) is 10.7 Å². The summed E-state index contributed by atoms with van der Waals surface area (Å²) in [5.74, 6) is 0.435. The van der Waals surface area contributed by atoms with Gasteiger partial charge in [0.15, 0.2) is 5.82 Å². The van der Waals surface area contributed by atoms with Gasteiger partial charge in [-0.1, -0.05) is 35.9 Å². The molecule has 0 unspecified atom stereocenters. The maximum atomic E-state index is 12.8. The number of benzene rings is 2. The van der Waals surface area contributed by atoms with Gasteiger partial charge in [0.25, 0.3) is 0 Å². The van der Waals surface area contributed by atoms with Crippen LogP contribution in [-0.4, -0.2) is 20.2 Å². The molecule has 0 fully saturated rings. The highest BCUT2D eigenvalue weighted by molar-refractivity contribution is 6.30. The molecule has 3 aromatic rings. The summed E-state index contributed by atoms with van der Waals surface area (Å²) in [4.78, 5) is 0. The van der Waals surface area contributed by atoms with Crippen molar-refractivity contribution >= 4 is 11.6 Å². The number of halogens is 4. The van der Waals surface area contributed by atoms with E-state index in [0.29, 0.717) is 22.0 Å². The maximum absolute atomic E-state index is 12.8. The quantitative estimate of drug-likeness (QED) is 0.723. The van der Waals surface area contributed by atoms with Gasteiger partial charge in [-0.2, -0.15) is 13.2 Å². The van der Waals surface area contributed by atoms with Gasteiger partial charge in [-0.15, -0.1) is 5.10 Å². The predicted octanol–water partition coefficient (Wildman–Crippen LogP) is 4.06. The smallest absolute Gasteiger partial charge is 0.221 e. The van der Waals surface area contributed by atoms with Gasteiger partial charge in [0, 0.05) is 10.6 Å². The Kier molecular flexibility index (Phi) is 4.04. The summed E-state index contributed by atoms with van der Waals surface area (Å²) in [7, 11) is 0. The van der Waals surface area contributed by atoms with Crippen LogP contribution in [0.4, 0.5) is 13.2 Å². The molecule has 2 aromatic carbocycles. The standard InChI is InChI=1S/C15H10ClF3N4/c16-13-6-2-4-11(8-13)14-20-21-22-23(14)9-10-3-1-5-12(7-10)15(17,18)19/h1-8H,9H2. The normalized spacial score (nSPS) is 11.7. The van der Waals surface area contributed by atoms with Crippen LogP contribution < -0.4 is 0 Å². The largest absolute Gasteiger partial charge is 0.416 e. The van der Waals surface area contributed by atoms with Crippen LogP contribution >= 0.6 is 11.6 Å². The molecule has 23 heavy (non-hydrogen) atoms. The summed E-state index contributed by atoms with van der Waals surface area (Å²) in [5.41, 5.74) is 0.442. The van der Waals surface area contributed by atoms with Crippen molar-refractivity contribution in [3.63, 3.8) is 0 Å². The van der Waals surface area contributed by atoms with Crippen molar-refractivity contribution in [3.8, 4) is 11.4 Å². The highest BCUT2D eigenvalue weighted by Gasteiger charge is 2.30. The Morgan fingerprint density at radius 2 is 1.83 bits per heavy atom. The monoisotopic (exact) mass is 338 g/mol. The molecule has 0 aliphatic carbocycles. The first-order valence-corrected chi connectivity index (χ1v) is 6.99. The molecule has 0 saturated heterocycles. The minimum atomic E-state index is -4.38. The van der Waals surface area contributed by atoms with Gasteiger partial charge in [-0.3, -0.25) is 0 Å². The predicted molar refractivity (Wildman–Crippen MR) is 78.8 cm³/mol. The number of hydrogen-bond donors (Lipinski definition) is 0. The molecule has 1 aromatic heterocycles. The van der Waals surface area contributed by atoms with Crippen molar-refractivity contribution in [1.82, 2.24) is 20.2 Å². The second-order valence-corrected chi connectivity index (χ2v) is 5.31. The molecule has 3 rings (SSSR count). The molecule has 118 valence electrons. The van der Waals surface area contributed by atoms with E-state index in [4.69, 9.17) is 11.6 Å². The van der Waals surface area contributed by atoms with Crippen LogP contribution in [0.15, 0.2) is 48.5 Å². The van der Waals surface area contributed by atoms with Crippen molar-refractivity contribution in [3.05, 3.63) is 64.7 Å². The number of rotatable bonds is 3. The van der Waals surface area contributed by atoms with Crippen LogP contribution in [0.3, 0.4) is 0 Å². The Balaban J connectivity index is 1.92. The van der Waals surface area contributed by atoms with Gasteiger partial charge in [0.1, 0.15) is 0 Å². The van der Waals surface area contributed by atoms with Gasteiger partial charge in [0.05, 0.1) is 12.1 Å². The molecule has 0 saturated carbocycles. The van der Waals surface area contributed by atoms with E-state index in [1.807, 2.05) is 0 Å². The molecule has 4 nitrogen and oxygen atoms in total. The van der Waals surface area contributed by atoms with E-state index >= 15 is 0 Å². The molecular weight excluding hydrogens is 329 g/mol. The number of aromatic nitrogens is 4. The number of nitrogens with zero attached hydrogens (tertiary/aromatic N) is 4. The third-order valence-electron chi connectivity index (χ3n) is 3.20. The van der Waals surface area contributed by atoms with Crippen molar-refractivity contribution < 1.29 is 13.2 Å². The van der Waals surface area contributed by atoms with Crippen molar-refractivity contribution in [2.75, 3.05) is 0 Å². The van der Waals surface area contributed by atoms with Crippen LogP contribution in [-0.2, 0) is 12.7 Å². The highest BCUT2D eigenvalue weighted by atomic mass is 35.5. The van der Waals surface area contributed by atoms with Gasteiger partial charge in [-0.05, 0) is 40.3 Å². The molecule has 0 amide bonds. The Bertz CT molecular complexity index is 829. The zero-order valence-corrected chi connectivity index (χ0v) is 12.4. The van der Waals surface area contributed by atoms with E-state index in [-0.39, 0.29) is 6.54 Å². The van der Waals surface area contributed by atoms with Crippen molar-refractivity contribution in [2.24, 2.45) is 0 Å². The lowest BCUT2D eigenvalue weighted by Crippen LogP contribution is -2.08. The molecule has 0 atom stereocenters. The average molecular weight is 339 g/mol. The second kappa shape index (κ2) is 6.00. The molecular formula is C15H10ClF3N4. The van der Waals surface area contributed by atoms with Crippen LogP contribution in [0.1, 0.15) is 11.1 Å². The third kappa shape index (κ3) is 3.50. The molecule has 0 aliphatic heterocycles. The average Bonchev–Trinajstić information content (AvgIpc) is 2.95. The Morgan fingerprint density at radius 3 is 2.57 bits per heavy atom. The van der Waals surface area contributed by atoms with E-state index < -0.39 is 11.7 Å². The van der Waals surface area contributed by atoms with E-state index in [2.05, 4.69) is 15.5 Å². The topological polar surface area (TPSA) is 43.6 Å². The van der Waals surface area contributed by atoms with Crippen LogP contribution in [0.5, 0.6) is 0 Å². The molecule has 1 heterocycles. The minimum absolute atomic E-state index is 0.124. The lowest BCUT2D eigenvalue weighted by molar-refractivity contribution is -0.137. The number of tetrazole rings is 1. The van der Waals surface area contributed by atoms with Crippen molar-refractivity contribution in [1.29, 1.82) is 0 Å². The fourth-order valence-corrected chi connectivity index (χ4v) is 2.35. The zero-order valence-electron chi connectivity index (χ0n) is 11.6. The number of alkyl halides is 3. The molecule has 8 heteroatoms. The Labute approximate surface area is 134 Å². The van der Waals surface area contributed by atoms with Crippen LogP contribution in [0.25, 0.3) is 11.4 Å². The summed E-state index contributed by atoms with van der Waals surface area (Å²) in [6.07, 6.45) is -4.38. The lowest BCUT2D eigenvalue weighted by Gasteiger charge is -2.09. The first kappa shape index (κ1) is 15.5. The van der Waals surface area contributed by atoms with Gasteiger partial charge >= 0.3 is 6.18 Å². The van der Waals surface area contributed by atoms with Crippen LogP contribution in [0, 0.1) is 0 Å². The molecule has 0 bridgehead atoms. The molecule has 0 N–H and O–H groups in total. The van der Waals surface area contributed by atoms with E-state index in [1.54, 1.807) is 30.3 Å². The first-order valence-electron chi connectivity index (χ1n) is 6.62. The second-order valence-electron chi connectivity index (χ2n) is 4.87. The summed E-state index contributed by atoms with van der Waals surface area (Å²) >= 11 is 5.94. The fourth-order valence-electron chi connectivity index (χ4n) is 2.16. The Morgan fingerprint density at radius 1 is 1.04 bits per heavy atom. The van der Waals surface area contributed by atoms with Gasteiger partial charge < -0.3 is 0 Å². The lowest BCUT2D eigenvalue weighted by atomic mass is 10.1. The number of hydrogen-bond acceptors (Lipinski definition) is 3. The fraction of sp³-hybridized carbons (Fsp3) is 0.133. The van der Waals surface area contributed by atoms with Crippen LogP contribution in [0.2, 0.25) is 5.02 Å². The minimum Gasteiger partial charge on any atom is -0.221 e. The SMILES string of the molecule is FC(F)(F)c1cccc(Cn2nnnc2-c2cccc(Cl)c2)c1. The van der Waals surface area contributed by atoms with E-state index in [0.717, 1.165) is 12.1 Å². The maximum Gasteiger partial charge on any atom is 0.416 e. The molecule has 0 aliphatic rings. The summed E-state index contributed by atoms with van der Waals surface area (Å²) in [6.45, 7) is 0.124. The third-order valence-corrected chi connectivity index (χ3v) is 3.44. The molecule has 0 spiro atoms. The summed E-state index contributed by atoms with van der Waals surface area (Å²) < 4.78 is 39.8. The summed E-state index contributed by atoms with van der Waals surface area (Å²) in [6, 6.07) is 12.0. The van der Waals surface area contributed by atoms with Crippen molar-refractivity contribution in [2.45, 2.75) is 12.7 Å². The first-order chi connectivity index (χ1) is 10.9. The Hall–Kier alpha value is -2.41.